The Labute approximate surface area is 115 Å². The second-order valence-corrected chi connectivity index (χ2v) is 3.91. The number of nitrogens with one attached hydrogen (secondary N) is 1. The molecule has 0 unspecified atom stereocenters. The lowest BCUT2D eigenvalue weighted by Gasteiger charge is -2.02. The van der Waals surface area contributed by atoms with Crippen molar-refractivity contribution >= 4 is 17.9 Å². The zero-order valence-electron chi connectivity index (χ0n) is 10.5. The molecule has 3 aromatic rings. The molecule has 0 aliphatic carbocycles. The fourth-order valence-electron chi connectivity index (χ4n) is 1.56. The maximum Gasteiger partial charge on any atom is 0.269 e. The van der Waals surface area contributed by atoms with Crippen molar-refractivity contribution in [2.75, 3.05) is 5.32 Å². The summed E-state index contributed by atoms with van der Waals surface area (Å²) in [5.41, 5.74) is 1.76. The minimum Gasteiger partial charge on any atom is -0.321 e. The molecular formula is C13H11N7. The van der Waals surface area contributed by atoms with Gasteiger partial charge in [0.05, 0.1) is 6.21 Å². The van der Waals surface area contributed by atoms with Crippen LogP contribution in [0.15, 0.2) is 60.0 Å². The van der Waals surface area contributed by atoms with Crippen LogP contribution in [-0.2, 0) is 0 Å². The predicted octanol–water partition coefficient (Wildman–Crippen LogP) is 1.69. The van der Waals surface area contributed by atoms with Gasteiger partial charge in [0.2, 0.25) is 0 Å². The van der Waals surface area contributed by atoms with Gasteiger partial charge in [-0.05, 0) is 28.6 Å². The molecular weight excluding hydrogens is 254 g/mol. The molecule has 0 spiro atoms. The topological polar surface area (TPSA) is 80.9 Å². The molecule has 2 aromatic heterocycles. The molecule has 0 atom stereocenters. The first-order chi connectivity index (χ1) is 9.92. The van der Waals surface area contributed by atoms with Gasteiger partial charge in [0.1, 0.15) is 0 Å². The molecule has 1 aromatic carbocycles. The lowest BCUT2D eigenvalue weighted by Crippen LogP contribution is -2.01. The molecule has 98 valence electrons. The summed E-state index contributed by atoms with van der Waals surface area (Å²) in [6, 6.07) is 13.4. The van der Waals surface area contributed by atoms with E-state index in [9.17, 15) is 0 Å². The van der Waals surface area contributed by atoms with Crippen LogP contribution in [-0.4, -0.2) is 31.5 Å². The van der Waals surface area contributed by atoms with Gasteiger partial charge in [-0.2, -0.15) is 5.10 Å². The van der Waals surface area contributed by atoms with E-state index < -0.39 is 0 Å². The van der Waals surface area contributed by atoms with Gasteiger partial charge in [0.15, 0.2) is 0 Å². The number of hydrogen-bond donors (Lipinski definition) is 1. The second-order valence-electron chi connectivity index (χ2n) is 3.91. The van der Waals surface area contributed by atoms with E-state index in [-0.39, 0.29) is 0 Å². The summed E-state index contributed by atoms with van der Waals surface area (Å²) < 4.78 is 0. The van der Waals surface area contributed by atoms with Gasteiger partial charge >= 0.3 is 0 Å². The Hall–Kier alpha value is -3.09. The third kappa shape index (κ3) is 2.83. The molecule has 0 aliphatic heterocycles. The highest BCUT2D eigenvalue weighted by atomic mass is 15.7. The maximum absolute atomic E-state index is 4.19. The van der Waals surface area contributed by atoms with Crippen molar-refractivity contribution in [1.82, 2.24) is 25.3 Å². The first kappa shape index (κ1) is 12.0. The Bertz CT molecular complexity index is 691. The quantitative estimate of drug-likeness (QED) is 0.726. The normalized spacial score (nSPS) is 10.8. The molecule has 0 radical (unpaired) electrons. The zero-order valence-corrected chi connectivity index (χ0v) is 10.5. The first-order valence-corrected chi connectivity index (χ1v) is 5.97. The Kier molecular flexibility index (Phi) is 3.41. The number of anilines is 2. The van der Waals surface area contributed by atoms with Crippen LogP contribution in [0.1, 0.15) is 5.56 Å². The molecule has 7 heteroatoms. The summed E-state index contributed by atoms with van der Waals surface area (Å²) in [5, 5.41) is 18.6. The highest BCUT2D eigenvalue weighted by Gasteiger charge is 2.04. The number of tetrazole rings is 1. The van der Waals surface area contributed by atoms with E-state index in [0.717, 1.165) is 11.3 Å². The molecule has 1 N–H and O–H groups in total. The first-order valence-electron chi connectivity index (χ1n) is 5.97. The summed E-state index contributed by atoms with van der Waals surface area (Å²) in [6.07, 6.45) is 5.05. The molecule has 20 heavy (non-hydrogen) atoms. The summed E-state index contributed by atoms with van der Waals surface area (Å²) in [4.78, 5) is 5.33. The van der Waals surface area contributed by atoms with Gasteiger partial charge in [-0.1, -0.05) is 34.2 Å². The molecule has 0 saturated carbocycles. The Morgan fingerprint density at radius 3 is 2.80 bits per heavy atom. The molecule has 3 rings (SSSR count). The standard InChI is InChI=1S/C13H11N7/c1-2-6-12(7-3-1)16-13-17-18-19-20(13)15-10-11-5-4-8-14-9-11/h1-10H,(H,16,17,19). The number of pyridine rings is 1. The molecule has 7 nitrogen and oxygen atoms in total. The van der Waals surface area contributed by atoms with Crippen LogP contribution in [0.3, 0.4) is 0 Å². The third-order valence-corrected chi connectivity index (χ3v) is 2.48. The van der Waals surface area contributed by atoms with Crippen LogP contribution in [0.4, 0.5) is 11.6 Å². The molecule has 0 bridgehead atoms. The van der Waals surface area contributed by atoms with Crippen LogP contribution in [0.25, 0.3) is 0 Å². The van der Waals surface area contributed by atoms with E-state index in [1.807, 2.05) is 42.5 Å². The summed E-state index contributed by atoms with van der Waals surface area (Å²) in [5.74, 6) is 0.441. The molecule has 0 saturated heterocycles. The average molecular weight is 265 g/mol. The predicted molar refractivity (Wildman–Crippen MR) is 74.8 cm³/mol. The minimum absolute atomic E-state index is 0.441. The van der Waals surface area contributed by atoms with E-state index in [0.29, 0.717) is 5.95 Å². The molecule has 0 fully saturated rings. The number of para-hydroxylation sites is 1. The van der Waals surface area contributed by atoms with Crippen molar-refractivity contribution in [2.24, 2.45) is 5.10 Å². The van der Waals surface area contributed by atoms with Gasteiger partial charge < -0.3 is 5.32 Å². The number of benzene rings is 1. The fourth-order valence-corrected chi connectivity index (χ4v) is 1.56. The summed E-state index contributed by atoms with van der Waals surface area (Å²) in [6.45, 7) is 0. The Balaban J connectivity index is 1.79. The fraction of sp³-hybridized carbons (Fsp3) is 0. The Morgan fingerprint density at radius 2 is 2.00 bits per heavy atom. The van der Waals surface area contributed by atoms with Gasteiger partial charge in [-0.3, -0.25) is 4.98 Å². The SMILES string of the molecule is C(=Nn1nnnc1Nc1ccccc1)c1cccnc1. The minimum atomic E-state index is 0.441. The van der Waals surface area contributed by atoms with Crippen molar-refractivity contribution in [2.45, 2.75) is 0 Å². The van der Waals surface area contributed by atoms with Crippen LogP contribution in [0.2, 0.25) is 0 Å². The lowest BCUT2D eigenvalue weighted by atomic mass is 10.3. The van der Waals surface area contributed by atoms with Gasteiger partial charge in [-0.25, -0.2) is 0 Å². The number of aromatic nitrogens is 5. The molecule has 0 amide bonds. The van der Waals surface area contributed by atoms with E-state index in [1.165, 1.54) is 4.79 Å². The largest absolute Gasteiger partial charge is 0.321 e. The Morgan fingerprint density at radius 1 is 1.10 bits per heavy atom. The lowest BCUT2D eigenvalue weighted by molar-refractivity contribution is 0.698. The number of nitrogens with zero attached hydrogens (tertiary/aromatic N) is 6. The van der Waals surface area contributed by atoms with Crippen LogP contribution in [0, 0.1) is 0 Å². The van der Waals surface area contributed by atoms with Crippen molar-refractivity contribution in [3.05, 3.63) is 60.4 Å². The van der Waals surface area contributed by atoms with E-state index in [2.05, 4.69) is 30.9 Å². The smallest absolute Gasteiger partial charge is 0.269 e. The van der Waals surface area contributed by atoms with Gasteiger partial charge in [-0.15, -0.1) is 0 Å². The highest BCUT2D eigenvalue weighted by molar-refractivity contribution is 5.78. The molecule has 0 aliphatic rings. The van der Waals surface area contributed by atoms with Crippen LogP contribution in [0.5, 0.6) is 0 Å². The van der Waals surface area contributed by atoms with Crippen LogP contribution < -0.4 is 5.32 Å². The van der Waals surface area contributed by atoms with Gasteiger partial charge in [0, 0.05) is 23.6 Å². The third-order valence-electron chi connectivity index (χ3n) is 2.48. The summed E-state index contributed by atoms with van der Waals surface area (Å²) >= 11 is 0. The van der Waals surface area contributed by atoms with Crippen molar-refractivity contribution < 1.29 is 0 Å². The van der Waals surface area contributed by atoms with Crippen LogP contribution >= 0.6 is 0 Å². The van der Waals surface area contributed by atoms with E-state index in [1.54, 1.807) is 18.6 Å². The van der Waals surface area contributed by atoms with Crippen molar-refractivity contribution in [3.63, 3.8) is 0 Å². The number of hydrogen-bond acceptors (Lipinski definition) is 6. The van der Waals surface area contributed by atoms with E-state index >= 15 is 0 Å². The second kappa shape index (κ2) is 5.70. The highest BCUT2D eigenvalue weighted by Crippen LogP contribution is 2.11. The van der Waals surface area contributed by atoms with E-state index in [4.69, 9.17) is 0 Å². The summed E-state index contributed by atoms with van der Waals surface area (Å²) in [7, 11) is 0. The van der Waals surface area contributed by atoms with Crippen molar-refractivity contribution in [3.8, 4) is 0 Å². The maximum atomic E-state index is 4.19. The monoisotopic (exact) mass is 265 g/mol. The van der Waals surface area contributed by atoms with Gasteiger partial charge in [0.25, 0.3) is 5.95 Å². The van der Waals surface area contributed by atoms with Crippen molar-refractivity contribution in [1.29, 1.82) is 0 Å². The average Bonchev–Trinajstić information content (AvgIpc) is 2.94. The number of rotatable bonds is 4. The molecule has 2 heterocycles. The zero-order chi connectivity index (χ0) is 13.6.